The number of anilines is 1. The SMILES string of the molecule is CCCCN(C(=O)Nc1cc(C(N)=O)c(F)cc1F)C1CCN(Cc2ccc(Oc3ccc(C(=O)NCCO)cc3)nc2C)CC1. The lowest BCUT2D eigenvalue weighted by molar-refractivity contribution is 0.0943. The van der Waals surface area contributed by atoms with Crippen LogP contribution in [-0.2, 0) is 6.54 Å². The lowest BCUT2D eigenvalue weighted by Crippen LogP contribution is -2.49. The highest BCUT2D eigenvalue weighted by Gasteiger charge is 2.29. The van der Waals surface area contributed by atoms with Crippen LogP contribution in [0.3, 0.4) is 0 Å². The summed E-state index contributed by atoms with van der Waals surface area (Å²) in [4.78, 5) is 45.4. The summed E-state index contributed by atoms with van der Waals surface area (Å²) >= 11 is 0. The van der Waals surface area contributed by atoms with E-state index in [1.165, 1.54) is 0 Å². The molecule has 11 nitrogen and oxygen atoms in total. The zero-order valence-electron chi connectivity index (χ0n) is 26.0. The second-order valence-corrected chi connectivity index (χ2v) is 11.2. The molecule has 4 amide bonds. The number of ether oxygens (including phenoxy) is 1. The first kappa shape index (κ1) is 34.3. The Labute approximate surface area is 266 Å². The molecule has 5 N–H and O–H groups in total. The van der Waals surface area contributed by atoms with E-state index < -0.39 is 29.1 Å². The van der Waals surface area contributed by atoms with Crippen molar-refractivity contribution in [2.75, 3.05) is 38.1 Å². The molecule has 1 aliphatic rings. The number of urea groups is 1. The third-order valence-corrected chi connectivity index (χ3v) is 7.88. The molecule has 1 saturated heterocycles. The Kier molecular flexibility index (Phi) is 12.0. The van der Waals surface area contributed by atoms with E-state index in [1.54, 1.807) is 35.2 Å². The van der Waals surface area contributed by atoms with Crippen molar-refractivity contribution < 1.29 is 33.0 Å². The number of nitrogens with one attached hydrogen (secondary N) is 2. The van der Waals surface area contributed by atoms with E-state index in [2.05, 4.69) is 20.5 Å². The van der Waals surface area contributed by atoms with Crippen molar-refractivity contribution in [2.24, 2.45) is 5.73 Å². The molecule has 2 heterocycles. The van der Waals surface area contributed by atoms with Crippen molar-refractivity contribution in [1.29, 1.82) is 0 Å². The number of aliphatic hydroxyl groups excluding tert-OH is 1. The molecule has 4 rings (SSSR count). The number of primary amides is 1. The number of aromatic nitrogens is 1. The van der Waals surface area contributed by atoms with E-state index >= 15 is 0 Å². The summed E-state index contributed by atoms with van der Waals surface area (Å²) in [6, 6.07) is 11.3. The highest BCUT2D eigenvalue weighted by atomic mass is 19.1. The van der Waals surface area contributed by atoms with Gasteiger partial charge in [-0.1, -0.05) is 19.4 Å². The first-order valence-electron chi connectivity index (χ1n) is 15.3. The van der Waals surface area contributed by atoms with Crippen molar-refractivity contribution in [2.45, 2.75) is 52.1 Å². The number of piperidine rings is 1. The fourth-order valence-corrected chi connectivity index (χ4v) is 5.29. The van der Waals surface area contributed by atoms with E-state index in [-0.39, 0.29) is 30.8 Å². The highest BCUT2D eigenvalue weighted by molar-refractivity contribution is 5.96. The van der Waals surface area contributed by atoms with Crippen LogP contribution < -0.4 is 21.1 Å². The summed E-state index contributed by atoms with van der Waals surface area (Å²) in [5.74, 6) is -2.44. The number of nitrogens with zero attached hydrogens (tertiary/aromatic N) is 3. The quantitative estimate of drug-likeness (QED) is 0.214. The van der Waals surface area contributed by atoms with Gasteiger partial charge in [-0.2, -0.15) is 0 Å². The first-order valence-corrected chi connectivity index (χ1v) is 15.3. The highest BCUT2D eigenvalue weighted by Crippen LogP contribution is 2.25. The Bertz CT molecular complexity index is 1530. The Hall–Kier alpha value is -4.62. The third-order valence-electron chi connectivity index (χ3n) is 7.88. The molecule has 1 aliphatic heterocycles. The number of benzene rings is 2. The predicted molar refractivity (Wildman–Crippen MR) is 169 cm³/mol. The number of carbonyl (C=O) groups excluding carboxylic acids is 3. The van der Waals surface area contributed by atoms with Gasteiger partial charge in [-0.25, -0.2) is 18.6 Å². The molecule has 0 bridgehead atoms. The van der Waals surface area contributed by atoms with Crippen LogP contribution in [0.5, 0.6) is 11.6 Å². The van der Waals surface area contributed by atoms with E-state index in [1.807, 2.05) is 19.9 Å². The number of halogens is 2. The number of rotatable bonds is 13. The Morgan fingerprint density at radius 2 is 1.80 bits per heavy atom. The maximum Gasteiger partial charge on any atom is 0.322 e. The standard InChI is InChI=1S/C33H40F2N6O5/c1-3-4-14-41(33(45)39-29-18-26(31(36)43)27(34)19-28(29)35)24-11-15-40(16-12-24)20-23-7-10-30(38-21(23)2)46-25-8-5-22(6-9-25)32(44)37-13-17-42/h5-10,18-19,24,42H,3-4,11-17,20H2,1-2H3,(H2,36,43)(H,37,44)(H,39,45). The predicted octanol–water partition coefficient (Wildman–Crippen LogP) is 4.58. The number of hydrogen-bond acceptors (Lipinski definition) is 7. The van der Waals surface area contributed by atoms with E-state index in [9.17, 15) is 23.2 Å². The second kappa shape index (κ2) is 16.1. The van der Waals surface area contributed by atoms with Gasteiger partial charge in [-0.3, -0.25) is 14.5 Å². The molecule has 46 heavy (non-hydrogen) atoms. The molecule has 0 radical (unpaired) electrons. The summed E-state index contributed by atoms with van der Waals surface area (Å²) in [6.07, 6.45) is 3.03. The number of amides is 4. The van der Waals surface area contributed by atoms with Crippen molar-refractivity contribution in [3.8, 4) is 11.6 Å². The summed E-state index contributed by atoms with van der Waals surface area (Å²) in [5.41, 5.74) is 6.72. The van der Waals surface area contributed by atoms with Gasteiger partial charge in [-0.15, -0.1) is 0 Å². The van der Waals surface area contributed by atoms with Crippen molar-refractivity contribution in [1.82, 2.24) is 20.1 Å². The van der Waals surface area contributed by atoms with Gasteiger partial charge in [0.15, 0.2) is 0 Å². The maximum atomic E-state index is 14.4. The van der Waals surface area contributed by atoms with Gasteiger partial charge >= 0.3 is 6.03 Å². The molecule has 0 spiro atoms. The summed E-state index contributed by atoms with van der Waals surface area (Å²) in [5, 5.41) is 14.0. The van der Waals surface area contributed by atoms with Crippen LogP contribution in [0.25, 0.3) is 0 Å². The van der Waals surface area contributed by atoms with Crippen LogP contribution in [0, 0.1) is 18.6 Å². The fraction of sp³-hybridized carbons (Fsp3) is 0.394. The summed E-state index contributed by atoms with van der Waals surface area (Å²) in [6.45, 7) is 6.58. The number of aryl methyl sites for hydroxylation is 1. The lowest BCUT2D eigenvalue weighted by atomic mass is 10.0. The number of unbranched alkanes of at least 4 members (excludes halogenated alkanes) is 1. The number of nitrogens with two attached hydrogens (primary N) is 1. The minimum atomic E-state index is -1.08. The molecule has 246 valence electrons. The van der Waals surface area contributed by atoms with Gasteiger partial charge in [0, 0.05) is 62.2 Å². The number of likely N-dealkylation sites (tertiary alicyclic amines) is 1. The third kappa shape index (κ3) is 8.98. The Morgan fingerprint density at radius 1 is 1.09 bits per heavy atom. The number of pyridine rings is 1. The number of carbonyl (C=O) groups is 3. The van der Waals surface area contributed by atoms with E-state index in [4.69, 9.17) is 15.6 Å². The molecule has 1 aromatic heterocycles. The minimum absolute atomic E-state index is 0.0796. The minimum Gasteiger partial charge on any atom is -0.439 e. The Morgan fingerprint density at radius 3 is 2.43 bits per heavy atom. The fourth-order valence-electron chi connectivity index (χ4n) is 5.29. The maximum absolute atomic E-state index is 14.4. The average molecular weight is 639 g/mol. The topological polar surface area (TPSA) is 150 Å². The van der Waals surface area contributed by atoms with E-state index in [0.717, 1.165) is 43.3 Å². The molecular weight excluding hydrogens is 598 g/mol. The molecule has 2 aromatic carbocycles. The summed E-state index contributed by atoms with van der Waals surface area (Å²) in [7, 11) is 0. The van der Waals surface area contributed by atoms with Gasteiger partial charge in [0.2, 0.25) is 5.88 Å². The zero-order valence-corrected chi connectivity index (χ0v) is 26.0. The van der Waals surface area contributed by atoms with Gasteiger partial charge in [0.25, 0.3) is 11.8 Å². The van der Waals surface area contributed by atoms with Crippen LogP contribution in [0.1, 0.15) is 64.6 Å². The molecule has 0 unspecified atom stereocenters. The molecule has 3 aromatic rings. The van der Waals surface area contributed by atoms with Crippen LogP contribution >= 0.6 is 0 Å². The molecule has 13 heteroatoms. The van der Waals surface area contributed by atoms with Gasteiger partial charge in [0.1, 0.15) is 17.4 Å². The smallest absolute Gasteiger partial charge is 0.322 e. The summed E-state index contributed by atoms with van der Waals surface area (Å²) < 4.78 is 34.3. The normalized spacial score (nSPS) is 13.7. The van der Waals surface area contributed by atoms with Crippen molar-refractivity contribution in [3.63, 3.8) is 0 Å². The van der Waals surface area contributed by atoms with E-state index in [0.29, 0.717) is 49.2 Å². The van der Waals surface area contributed by atoms with Crippen LogP contribution in [0.4, 0.5) is 19.3 Å². The van der Waals surface area contributed by atoms with Crippen molar-refractivity contribution >= 4 is 23.5 Å². The van der Waals surface area contributed by atoms with Gasteiger partial charge in [0.05, 0.1) is 17.9 Å². The largest absolute Gasteiger partial charge is 0.439 e. The lowest BCUT2D eigenvalue weighted by Gasteiger charge is -2.38. The second-order valence-electron chi connectivity index (χ2n) is 11.2. The monoisotopic (exact) mass is 638 g/mol. The van der Waals surface area contributed by atoms with Gasteiger partial charge < -0.3 is 31.1 Å². The van der Waals surface area contributed by atoms with Crippen molar-refractivity contribution in [3.05, 3.63) is 82.5 Å². The molecule has 1 fully saturated rings. The van der Waals surface area contributed by atoms with Crippen LogP contribution in [0.15, 0.2) is 48.5 Å². The zero-order chi connectivity index (χ0) is 33.2. The van der Waals surface area contributed by atoms with Crippen LogP contribution in [0.2, 0.25) is 0 Å². The molecule has 0 saturated carbocycles. The molecular formula is C33H40F2N6O5. The number of hydrogen-bond donors (Lipinski definition) is 4. The molecule has 0 atom stereocenters. The number of aliphatic hydroxyl groups is 1. The first-order chi connectivity index (χ1) is 22.1. The average Bonchev–Trinajstić information content (AvgIpc) is 3.03. The van der Waals surface area contributed by atoms with Gasteiger partial charge in [-0.05, 0) is 62.1 Å². The molecule has 0 aliphatic carbocycles. The van der Waals surface area contributed by atoms with Crippen LogP contribution in [-0.4, -0.2) is 76.6 Å². The Balaban J connectivity index is 1.33.